The van der Waals surface area contributed by atoms with E-state index in [1.165, 1.54) is 14.0 Å². The normalized spacial score (nSPS) is 12.6. The Bertz CT molecular complexity index is 310. The van der Waals surface area contributed by atoms with Crippen molar-refractivity contribution in [3.63, 3.8) is 0 Å². The van der Waals surface area contributed by atoms with E-state index >= 15 is 0 Å². The third kappa shape index (κ3) is 1.89. The molecule has 1 rings (SSSR count). The van der Waals surface area contributed by atoms with Crippen molar-refractivity contribution in [1.82, 2.24) is 0 Å². The van der Waals surface area contributed by atoms with Crippen LogP contribution in [0, 0.1) is 5.82 Å². The number of rotatable bonds is 2. The number of phenols is 1. The Morgan fingerprint density at radius 1 is 1.46 bits per heavy atom. The lowest BCUT2D eigenvalue weighted by Gasteiger charge is -2.10. The molecule has 0 saturated carbocycles. The maximum absolute atomic E-state index is 12.9. The average Bonchev–Trinajstić information content (AvgIpc) is 2.08. The third-order valence-corrected chi connectivity index (χ3v) is 1.74. The van der Waals surface area contributed by atoms with Gasteiger partial charge in [0.05, 0.1) is 13.2 Å². The summed E-state index contributed by atoms with van der Waals surface area (Å²) in [6, 6.07) is 2.13. The Balaban J connectivity index is 3.27. The second kappa shape index (κ2) is 3.62. The lowest BCUT2D eigenvalue weighted by Crippen LogP contribution is -1.95. The van der Waals surface area contributed by atoms with Gasteiger partial charge < -0.3 is 14.9 Å². The van der Waals surface area contributed by atoms with E-state index in [0.29, 0.717) is 0 Å². The van der Waals surface area contributed by atoms with E-state index < -0.39 is 11.9 Å². The molecule has 1 unspecified atom stereocenters. The van der Waals surface area contributed by atoms with E-state index in [-0.39, 0.29) is 17.1 Å². The minimum atomic E-state index is -0.926. The third-order valence-electron chi connectivity index (χ3n) is 1.74. The van der Waals surface area contributed by atoms with E-state index in [2.05, 4.69) is 0 Å². The molecule has 0 spiro atoms. The molecule has 72 valence electrons. The van der Waals surface area contributed by atoms with E-state index in [1.54, 1.807) is 0 Å². The molecule has 4 heteroatoms. The molecule has 2 N–H and O–H groups in total. The summed E-state index contributed by atoms with van der Waals surface area (Å²) in [5.41, 5.74) is 0.122. The van der Waals surface area contributed by atoms with E-state index in [0.717, 1.165) is 12.1 Å². The second-order valence-corrected chi connectivity index (χ2v) is 2.72. The highest BCUT2D eigenvalue weighted by Gasteiger charge is 2.13. The van der Waals surface area contributed by atoms with Crippen molar-refractivity contribution in [2.24, 2.45) is 0 Å². The van der Waals surface area contributed by atoms with Gasteiger partial charge >= 0.3 is 0 Å². The van der Waals surface area contributed by atoms with Gasteiger partial charge in [-0.1, -0.05) is 0 Å². The number of phenolic OH excluding ortho intramolecular Hbond substituents is 1. The summed E-state index contributed by atoms with van der Waals surface area (Å²) in [6.07, 6.45) is -0.926. The number of ether oxygens (including phenoxy) is 1. The summed E-state index contributed by atoms with van der Waals surface area (Å²) in [4.78, 5) is 0. The molecule has 0 amide bonds. The molecule has 0 heterocycles. The molecule has 0 aromatic heterocycles. The molecule has 0 saturated heterocycles. The number of hydrogen-bond donors (Lipinski definition) is 2. The molecule has 0 radical (unpaired) electrons. The Kier molecular flexibility index (Phi) is 2.72. The molecule has 1 aromatic rings. The molecule has 0 aliphatic heterocycles. The highest BCUT2D eigenvalue weighted by molar-refractivity contribution is 5.46. The summed E-state index contributed by atoms with van der Waals surface area (Å²) in [5, 5.41) is 18.6. The SMILES string of the molecule is COc1cc(F)cc(C(C)O)c1O. The maximum Gasteiger partial charge on any atom is 0.163 e. The molecular weight excluding hydrogens is 175 g/mol. The highest BCUT2D eigenvalue weighted by atomic mass is 19.1. The molecule has 0 aliphatic rings. The topological polar surface area (TPSA) is 49.7 Å². The average molecular weight is 186 g/mol. The minimum absolute atomic E-state index is 0.0240. The Hall–Kier alpha value is -1.29. The van der Waals surface area contributed by atoms with Crippen LogP contribution in [-0.4, -0.2) is 17.3 Å². The van der Waals surface area contributed by atoms with Crippen LogP contribution in [0.5, 0.6) is 11.5 Å². The molecule has 0 aliphatic carbocycles. The molecule has 3 nitrogen and oxygen atoms in total. The highest BCUT2D eigenvalue weighted by Crippen LogP contribution is 2.34. The number of aliphatic hydroxyl groups excluding tert-OH is 1. The van der Waals surface area contributed by atoms with Gasteiger partial charge in [-0.05, 0) is 13.0 Å². The van der Waals surface area contributed by atoms with Crippen LogP contribution < -0.4 is 4.74 Å². The van der Waals surface area contributed by atoms with Crippen molar-refractivity contribution in [2.45, 2.75) is 13.0 Å². The molecular formula is C9H11FO3. The van der Waals surface area contributed by atoms with Crippen molar-refractivity contribution in [3.8, 4) is 11.5 Å². The van der Waals surface area contributed by atoms with Crippen LogP contribution in [0.25, 0.3) is 0 Å². The Morgan fingerprint density at radius 3 is 2.54 bits per heavy atom. The van der Waals surface area contributed by atoms with Crippen molar-refractivity contribution in [3.05, 3.63) is 23.5 Å². The van der Waals surface area contributed by atoms with Gasteiger partial charge in [0.15, 0.2) is 11.5 Å². The summed E-state index contributed by atoms with van der Waals surface area (Å²) in [5.74, 6) is -0.750. The lowest BCUT2D eigenvalue weighted by molar-refractivity contribution is 0.193. The maximum atomic E-state index is 12.9. The second-order valence-electron chi connectivity index (χ2n) is 2.72. The number of aliphatic hydroxyl groups is 1. The first-order valence-electron chi connectivity index (χ1n) is 3.80. The first-order chi connectivity index (χ1) is 6.06. The van der Waals surface area contributed by atoms with E-state index in [9.17, 15) is 9.50 Å². The van der Waals surface area contributed by atoms with Crippen molar-refractivity contribution < 1.29 is 19.3 Å². The van der Waals surface area contributed by atoms with Gasteiger partial charge in [0.1, 0.15) is 5.82 Å². The van der Waals surface area contributed by atoms with Gasteiger partial charge in [-0.3, -0.25) is 0 Å². The fourth-order valence-corrected chi connectivity index (χ4v) is 1.07. The fraction of sp³-hybridized carbons (Fsp3) is 0.333. The number of hydrogen-bond acceptors (Lipinski definition) is 3. The zero-order valence-corrected chi connectivity index (χ0v) is 7.41. The van der Waals surface area contributed by atoms with Gasteiger partial charge in [-0.25, -0.2) is 4.39 Å². The quantitative estimate of drug-likeness (QED) is 0.737. The molecule has 1 atom stereocenters. The smallest absolute Gasteiger partial charge is 0.163 e. The van der Waals surface area contributed by atoms with Crippen LogP contribution in [-0.2, 0) is 0 Å². The van der Waals surface area contributed by atoms with Crippen LogP contribution in [0.4, 0.5) is 4.39 Å². The van der Waals surface area contributed by atoms with Crippen molar-refractivity contribution in [2.75, 3.05) is 7.11 Å². The predicted octanol–water partition coefficient (Wildman–Crippen LogP) is 1.59. The molecule has 1 aromatic carbocycles. The van der Waals surface area contributed by atoms with E-state index in [4.69, 9.17) is 9.84 Å². The monoisotopic (exact) mass is 186 g/mol. The molecule has 0 fully saturated rings. The van der Waals surface area contributed by atoms with Gasteiger partial charge in [0.25, 0.3) is 0 Å². The van der Waals surface area contributed by atoms with Crippen LogP contribution >= 0.6 is 0 Å². The summed E-state index contributed by atoms with van der Waals surface area (Å²) >= 11 is 0. The lowest BCUT2D eigenvalue weighted by atomic mass is 10.1. The summed E-state index contributed by atoms with van der Waals surface area (Å²) < 4.78 is 17.6. The van der Waals surface area contributed by atoms with Crippen LogP contribution in [0.2, 0.25) is 0 Å². The first-order valence-corrected chi connectivity index (χ1v) is 3.80. The number of aromatic hydroxyl groups is 1. The zero-order valence-electron chi connectivity index (χ0n) is 7.41. The number of methoxy groups -OCH3 is 1. The minimum Gasteiger partial charge on any atom is -0.504 e. The van der Waals surface area contributed by atoms with Crippen LogP contribution in [0.15, 0.2) is 12.1 Å². The van der Waals surface area contributed by atoms with E-state index in [1.807, 2.05) is 0 Å². The summed E-state index contributed by atoms with van der Waals surface area (Å²) in [7, 11) is 1.32. The van der Waals surface area contributed by atoms with Gasteiger partial charge in [-0.15, -0.1) is 0 Å². The van der Waals surface area contributed by atoms with Crippen LogP contribution in [0.3, 0.4) is 0 Å². The van der Waals surface area contributed by atoms with Crippen molar-refractivity contribution in [1.29, 1.82) is 0 Å². The van der Waals surface area contributed by atoms with Gasteiger partial charge in [0.2, 0.25) is 0 Å². The Labute approximate surface area is 75.4 Å². The molecule has 0 bridgehead atoms. The number of benzene rings is 1. The summed E-state index contributed by atoms with van der Waals surface area (Å²) in [6.45, 7) is 1.44. The predicted molar refractivity (Wildman–Crippen MR) is 45.3 cm³/mol. The van der Waals surface area contributed by atoms with Crippen LogP contribution in [0.1, 0.15) is 18.6 Å². The Morgan fingerprint density at radius 2 is 2.08 bits per heavy atom. The van der Waals surface area contributed by atoms with Crippen molar-refractivity contribution >= 4 is 0 Å². The van der Waals surface area contributed by atoms with Gasteiger partial charge in [-0.2, -0.15) is 0 Å². The zero-order chi connectivity index (χ0) is 10.0. The fourth-order valence-electron chi connectivity index (χ4n) is 1.07. The molecule has 13 heavy (non-hydrogen) atoms. The first kappa shape index (κ1) is 9.80. The van der Waals surface area contributed by atoms with Gasteiger partial charge in [0, 0.05) is 11.6 Å². The standard InChI is InChI=1S/C9H11FO3/c1-5(11)7-3-6(10)4-8(13-2)9(7)12/h3-5,11-12H,1-2H3. The number of halogens is 1. The largest absolute Gasteiger partial charge is 0.504 e.